The van der Waals surface area contributed by atoms with E-state index in [1.807, 2.05) is 19.9 Å². The molecule has 2 rings (SSSR count). The lowest BCUT2D eigenvalue weighted by Gasteiger charge is -2.27. The maximum absolute atomic E-state index is 12.8. The molecule has 0 radical (unpaired) electrons. The van der Waals surface area contributed by atoms with Crippen molar-refractivity contribution < 1.29 is 8.42 Å². The molecular formula is C14H17ClN2O2S. The second-order valence-corrected chi connectivity index (χ2v) is 7.33. The Balaban J connectivity index is 2.45. The van der Waals surface area contributed by atoms with Crippen LogP contribution in [0, 0.1) is 11.3 Å². The van der Waals surface area contributed by atoms with Gasteiger partial charge in [-0.2, -0.15) is 9.57 Å². The molecule has 0 N–H and O–H groups in total. The van der Waals surface area contributed by atoms with E-state index in [2.05, 4.69) is 0 Å². The Morgan fingerprint density at radius 3 is 2.70 bits per heavy atom. The average Bonchev–Trinajstić information content (AvgIpc) is 2.80. The normalized spacial score (nSPS) is 23.7. The van der Waals surface area contributed by atoms with E-state index in [0.717, 1.165) is 19.3 Å². The van der Waals surface area contributed by atoms with E-state index >= 15 is 0 Å². The molecule has 0 amide bonds. The van der Waals surface area contributed by atoms with Crippen LogP contribution in [0.4, 0.5) is 0 Å². The van der Waals surface area contributed by atoms with E-state index in [1.54, 1.807) is 4.31 Å². The van der Waals surface area contributed by atoms with Gasteiger partial charge in [-0.15, -0.1) is 0 Å². The van der Waals surface area contributed by atoms with Gasteiger partial charge in [0.25, 0.3) is 0 Å². The van der Waals surface area contributed by atoms with E-state index < -0.39 is 10.0 Å². The number of hydrogen-bond acceptors (Lipinski definition) is 3. The van der Waals surface area contributed by atoms with Gasteiger partial charge < -0.3 is 0 Å². The molecule has 0 saturated carbocycles. The first kappa shape index (κ1) is 15.3. The first-order chi connectivity index (χ1) is 9.41. The highest BCUT2D eigenvalue weighted by Gasteiger charge is 2.39. The summed E-state index contributed by atoms with van der Waals surface area (Å²) in [6.45, 7) is 3.93. The zero-order valence-corrected chi connectivity index (χ0v) is 13.1. The van der Waals surface area contributed by atoms with Crippen LogP contribution in [-0.2, 0) is 10.0 Å². The first-order valence-corrected chi connectivity index (χ1v) is 8.46. The highest BCUT2D eigenvalue weighted by atomic mass is 35.5. The quantitative estimate of drug-likeness (QED) is 0.861. The third-order valence-corrected chi connectivity index (χ3v) is 6.20. The summed E-state index contributed by atoms with van der Waals surface area (Å²) >= 11 is 5.94. The molecule has 0 bridgehead atoms. The summed E-state index contributed by atoms with van der Waals surface area (Å²) in [5, 5.41) is 9.03. The van der Waals surface area contributed by atoms with Crippen LogP contribution in [0.1, 0.15) is 38.7 Å². The molecule has 2 unspecified atom stereocenters. The number of sulfonamides is 1. The summed E-state index contributed by atoms with van der Waals surface area (Å²) < 4.78 is 27.1. The van der Waals surface area contributed by atoms with Gasteiger partial charge in [0.05, 0.1) is 15.5 Å². The SMILES string of the molecule is CCC1CCC(C)N1S(=O)(=O)c1ccc(C#N)c(Cl)c1. The zero-order valence-electron chi connectivity index (χ0n) is 11.5. The van der Waals surface area contributed by atoms with Crippen molar-refractivity contribution in [1.82, 2.24) is 4.31 Å². The summed E-state index contributed by atoms with van der Waals surface area (Å²) in [5.74, 6) is 0. The number of nitriles is 1. The molecule has 20 heavy (non-hydrogen) atoms. The molecule has 1 aliphatic heterocycles. The molecule has 108 valence electrons. The molecule has 0 aliphatic carbocycles. The van der Waals surface area contributed by atoms with Crippen molar-refractivity contribution in [3.63, 3.8) is 0 Å². The molecule has 1 aromatic rings. The highest BCUT2D eigenvalue weighted by Crippen LogP contribution is 2.33. The van der Waals surface area contributed by atoms with Crippen LogP contribution < -0.4 is 0 Å². The number of halogens is 1. The van der Waals surface area contributed by atoms with E-state index in [-0.39, 0.29) is 27.6 Å². The Kier molecular flexibility index (Phi) is 4.38. The maximum atomic E-state index is 12.8. The monoisotopic (exact) mass is 312 g/mol. The number of rotatable bonds is 3. The van der Waals surface area contributed by atoms with Gasteiger partial charge in [0.15, 0.2) is 0 Å². The Bertz CT molecular complexity index is 652. The third kappa shape index (κ3) is 2.56. The van der Waals surface area contributed by atoms with Crippen molar-refractivity contribution in [3.05, 3.63) is 28.8 Å². The molecule has 4 nitrogen and oxygen atoms in total. The van der Waals surface area contributed by atoms with Crippen LogP contribution >= 0.6 is 11.6 Å². The number of nitrogens with zero attached hydrogens (tertiary/aromatic N) is 2. The van der Waals surface area contributed by atoms with Crippen molar-refractivity contribution in [3.8, 4) is 6.07 Å². The minimum atomic E-state index is -3.56. The van der Waals surface area contributed by atoms with Gasteiger partial charge in [-0.1, -0.05) is 18.5 Å². The second-order valence-electron chi connectivity index (χ2n) is 5.08. The molecular weight excluding hydrogens is 296 g/mol. The molecule has 0 aromatic heterocycles. The molecule has 1 aromatic carbocycles. The molecule has 0 spiro atoms. The average molecular weight is 313 g/mol. The number of benzene rings is 1. The van der Waals surface area contributed by atoms with Crippen LogP contribution in [0.25, 0.3) is 0 Å². The van der Waals surface area contributed by atoms with Gasteiger partial charge in [0.2, 0.25) is 10.0 Å². The maximum Gasteiger partial charge on any atom is 0.243 e. The predicted molar refractivity (Wildman–Crippen MR) is 78.0 cm³/mol. The lowest BCUT2D eigenvalue weighted by atomic mass is 10.2. The van der Waals surface area contributed by atoms with Crippen LogP contribution in [0.3, 0.4) is 0 Å². The fourth-order valence-corrected chi connectivity index (χ4v) is 5.00. The fourth-order valence-electron chi connectivity index (χ4n) is 2.73. The van der Waals surface area contributed by atoms with Gasteiger partial charge in [-0.05, 0) is 44.4 Å². The summed E-state index contributed by atoms with van der Waals surface area (Å²) in [7, 11) is -3.56. The molecule has 6 heteroatoms. The smallest absolute Gasteiger partial charge is 0.207 e. The minimum Gasteiger partial charge on any atom is -0.207 e. The van der Waals surface area contributed by atoms with E-state index in [9.17, 15) is 8.42 Å². The standard InChI is InChI=1S/C14H17ClN2O2S/c1-3-12-6-4-10(2)17(12)20(18,19)13-7-5-11(9-16)14(15)8-13/h5,7-8,10,12H,3-4,6H2,1-2H3. The van der Waals surface area contributed by atoms with E-state index in [4.69, 9.17) is 16.9 Å². The largest absolute Gasteiger partial charge is 0.243 e. The molecule has 1 saturated heterocycles. The molecule has 1 aliphatic rings. The minimum absolute atomic E-state index is 0.000584. The predicted octanol–water partition coefficient (Wildman–Crippen LogP) is 3.16. The van der Waals surface area contributed by atoms with E-state index in [0.29, 0.717) is 0 Å². The van der Waals surface area contributed by atoms with Gasteiger partial charge in [0, 0.05) is 12.1 Å². The van der Waals surface area contributed by atoms with Gasteiger partial charge >= 0.3 is 0 Å². The number of hydrogen-bond donors (Lipinski definition) is 0. The van der Waals surface area contributed by atoms with Crippen LogP contribution in [-0.4, -0.2) is 24.8 Å². The lowest BCUT2D eigenvalue weighted by molar-refractivity contribution is 0.328. The Hall–Kier alpha value is -1.09. The summed E-state index contributed by atoms with van der Waals surface area (Å²) in [6, 6.07) is 6.26. The first-order valence-electron chi connectivity index (χ1n) is 6.65. The van der Waals surface area contributed by atoms with Crippen LogP contribution in [0.15, 0.2) is 23.1 Å². The van der Waals surface area contributed by atoms with Crippen LogP contribution in [0.2, 0.25) is 5.02 Å². The Morgan fingerprint density at radius 2 is 2.15 bits per heavy atom. The fraction of sp³-hybridized carbons (Fsp3) is 0.500. The molecule has 1 fully saturated rings. The molecule has 1 heterocycles. The van der Waals surface area contributed by atoms with Gasteiger partial charge in [-0.25, -0.2) is 8.42 Å². The molecule has 2 atom stereocenters. The van der Waals surface area contributed by atoms with Crippen molar-refractivity contribution >= 4 is 21.6 Å². The van der Waals surface area contributed by atoms with Crippen molar-refractivity contribution in [2.45, 2.75) is 50.1 Å². The highest BCUT2D eigenvalue weighted by molar-refractivity contribution is 7.89. The van der Waals surface area contributed by atoms with Gasteiger partial charge in [-0.3, -0.25) is 0 Å². The Labute approximate surface area is 125 Å². The topological polar surface area (TPSA) is 61.2 Å². The van der Waals surface area contributed by atoms with Crippen molar-refractivity contribution in [2.75, 3.05) is 0 Å². The summed E-state index contributed by atoms with van der Waals surface area (Å²) in [6.07, 6.45) is 2.57. The van der Waals surface area contributed by atoms with Gasteiger partial charge in [0.1, 0.15) is 6.07 Å². The second kappa shape index (κ2) is 5.72. The van der Waals surface area contributed by atoms with Crippen LogP contribution in [0.5, 0.6) is 0 Å². The third-order valence-electron chi connectivity index (χ3n) is 3.82. The Morgan fingerprint density at radius 1 is 1.45 bits per heavy atom. The summed E-state index contributed by atoms with van der Waals surface area (Å²) in [4.78, 5) is 0.161. The lowest BCUT2D eigenvalue weighted by Crippen LogP contribution is -2.39. The van der Waals surface area contributed by atoms with Crippen molar-refractivity contribution in [2.24, 2.45) is 0 Å². The van der Waals surface area contributed by atoms with Crippen molar-refractivity contribution in [1.29, 1.82) is 5.26 Å². The zero-order chi connectivity index (χ0) is 14.9. The van der Waals surface area contributed by atoms with E-state index in [1.165, 1.54) is 18.2 Å². The summed E-state index contributed by atoms with van der Waals surface area (Å²) in [5.41, 5.74) is 0.284.